The second kappa shape index (κ2) is 5.01. The average molecular weight is 219 g/mol. The molecule has 0 bridgehead atoms. The summed E-state index contributed by atoms with van der Waals surface area (Å²) in [7, 11) is 0. The highest BCUT2D eigenvalue weighted by atomic mass is 16.5. The topological polar surface area (TPSA) is 38.3 Å². The van der Waals surface area contributed by atoms with Crippen molar-refractivity contribution in [3.8, 4) is 0 Å². The van der Waals surface area contributed by atoms with Crippen LogP contribution in [0.1, 0.15) is 26.2 Å². The fraction of sp³-hybridized carbons (Fsp3) is 0.462. The maximum Gasteiger partial charge on any atom is 0.328 e. The van der Waals surface area contributed by atoms with Gasteiger partial charge in [0.15, 0.2) is 0 Å². The average Bonchev–Trinajstić information content (AvgIpc) is 2.24. The Hall–Kier alpha value is -1.51. The first kappa shape index (κ1) is 11.0. The lowest BCUT2D eigenvalue weighted by atomic mass is 9.96. The molecule has 0 spiro atoms. The second-order valence-corrected chi connectivity index (χ2v) is 4.22. The molecule has 1 aliphatic rings. The van der Waals surface area contributed by atoms with Crippen LogP contribution in [0.5, 0.6) is 0 Å². The minimum Gasteiger partial charge on any atom is -0.461 e. The molecule has 1 saturated carbocycles. The third kappa shape index (κ3) is 2.75. The van der Waals surface area contributed by atoms with Gasteiger partial charge >= 0.3 is 5.97 Å². The highest BCUT2D eigenvalue weighted by molar-refractivity contribution is 5.79. The van der Waals surface area contributed by atoms with Crippen molar-refractivity contribution in [2.24, 2.45) is 0 Å². The Morgan fingerprint density at radius 2 is 2.06 bits per heavy atom. The maximum atomic E-state index is 11.7. The molecule has 0 aliphatic heterocycles. The number of rotatable bonds is 4. The lowest BCUT2D eigenvalue weighted by molar-refractivity contribution is -0.153. The Morgan fingerprint density at radius 1 is 1.38 bits per heavy atom. The Morgan fingerprint density at radius 3 is 2.62 bits per heavy atom. The third-order valence-electron chi connectivity index (χ3n) is 2.85. The second-order valence-electron chi connectivity index (χ2n) is 4.22. The van der Waals surface area contributed by atoms with Crippen LogP contribution in [0.3, 0.4) is 0 Å². The van der Waals surface area contributed by atoms with Gasteiger partial charge in [0.1, 0.15) is 12.1 Å². The molecule has 0 amide bonds. The van der Waals surface area contributed by atoms with Crippen molar-refractivity contribution in [3.63, 3.8) is 0 Å². The summed E-state index contributed by atoms with van der Waals surface area (Å²) in [6, 6.07) is 9.41. The van der Waals surface area contributed by atoms with Crippen LogP contribution in [0.2, 0.25) is 0 Å². The minimum absolute atomic E-state index is 0.159. The van der Waals surface area contributed by atoms with E-state index in [9.17, 15) is 4.79 Å². The van der Waals surface area contributed by atoms with E-state index in [2.05, 4.69) is 5.32 Å². The van der Waals surface area contributed by atoms with E-state index in [1.165, 1.54) is 6.42 Å². The first-order valence-corrected chi connectivity index (χ1v) is 5.78. The van der Waals surface area contributed by atoms with Crippen LogP contribution < -0.4 is 5.32 Å². The van der Waals surface area contributed by atoms with Crippen LogP contribution >= 0.6 is 0 Å². The van der Waals surface area contributed by atoms with Gasteiger partial charge in [-0.15, -0.1) is 0 Å². The monoisotopic (exact) mass is 219 g/mol. The predicted octanol–water partition coefficient (Wildman–Crippen LogP) is 2.58. The molecule has 3 nitrogen and oxygen atoms in total. The molecule has 0 heterocycles. The smallest absolute Gasteiger partial charge is 0.328 e. The number of ether oxygens (including phenoxy) is 1. The minimum atomic E-state index is -0.289. The summed E-state index contributed by atoms with van der Waals surface area (Å²) in [5.41, 5.74) is 0.945. The van der Waals surface area contributed by atoms with Gasteiger partial charge in [-0.25, -0.2) is 4.79 Å². The van der Waals surface area contributed by atoms with Crippen LogP contribution in [-0.2, 0) is 9.53 Å². The van der Waals surface area contributed by atoms with E-state index >= 15 is 0 Å². The molecule has 1 atom stereocenters. The first-order chi connectivity index (χ1) is 7.75. The lowest BCUT2D eigenvalue weighted by Gasteiger charge is -2.27. The number of para-hydroxylation sites is 1. The summed E-state index contributed by atoms with van der Waals surface area (Å²) in [5.74, 6) is -0.159. The van der Waals surface area contributed by atoms with Crippen LogP contribution in [0.25, 0.3) is 0 Å². The van der Waals surface area contributed by atoms with Gasteiger partial charge in [0.2, 0.25) is 0 Å². The number of nitrogens with one attached hydrogen (secondary N) is 1. The largest absolute Gasteiger partial charge is 0.461 e. The normalized spacial score (nSPS) is 17.3. The number of carbonyl (C=O) groups excluding carboxylic acids is 1. The number of hydrogen-bond acceptors (Lipinski definition) is 3. The van der Waals surface area contributed by atoms with Crippen molar-refractivity contribution >= 4 is 11.7 Å². The van der Waals surface area contributed by atoms with Crippen LogP contribution in [0.15, 0.2) is 30.3 Å². The molecular weight excluding hydrogens is 202 g/mol. The van der Waals surface area contributed by atoms with E-state index in [1.807, 2.05) is 37.3 Å². The van der Waals surface area contributed by atoms with Gasteiger partial charge in [-0.2, -0.15) is 0 Å². The Bertz CT molecular complexity index is 346. The zero-order chi connectivity index (χ0) is 11.4. The SMILES string of the molecule is C[C@H](Nc1ccccc1)C(=O)OC1CCC1. The molecule has 86 valence electrons. The van der Waals surface area contributed by atoms with Crippen LogP contribution in [-0.4, -0.2) is 18.1 Å². The summed E-state index contributed by atoms with van der Waals surface area (Å²) >= 11 is 0. The quantitative estimate of drug-likeness (QED) is 0.791. The fourth-order valence-corrected chi connectivity index (χ4v) is 1.60. The predicted molar refractivity (Wildman–Crippen MR) is 63.3 cm³/mol. The van der Waals surface area contributed by atoms with Crippen LogP contribution in [0.4, 0.5) is 5.69 Å². The molecule has 3 heteroatoms. The van der Waals surface area contributed by atoms with E-state index in [0.29, 0.717) is 0 Å². The molecule has 0 saturated heterocycles. The number of hydrogen-bond donors (Lipinski definition) is 1. The zero-order valence-electron chi connectivity index (χ0n) is 9.48. The molecular formula is C13H17NO2. The molecule has 1 aromatic carbocycles. The molecule has 0 radical (unpaired) electrons. The summed E-state index contributed by atoms with van der Waals surface area (Å²) in [6.07, 6.45) is 3.37. The van der Waals surface area contributed by atoms with Gasteiger partial charge < -0.3 is 10.1 Å². The Balaban J connectivity index is 1.82. The summed E-state index contributed by atoms with van der Waals surface area (Å²) in [6.45, 7) is 1.83. The molecule has 1 fully saturated rings. The zero-order valence-corrected chi connectivity index (χ0v) is 9.48. The van der Waals surface area contributed by atoms with Gasteiger partial charge in [0, 0.05) is 5.69 Å². The molecule has 1 N–H and O–H groups in total. The fourth-order valence-electron chi connectivity index (χ4n) is 1.60. The number of esters is 1. The van der Waals surface area contributed by atoms with E-state index in [0.717, 1.165) is 18.5 Å². The Labute approximate surface area is 95.8 Å². The van der Waals surface area contributed by atoms with E-state index in [-0.39, 0.29) is 18.1 Å². The summed E-state index contributed by atoms with van der Waals surface area (Å²) < 4.78 is 5.32. The van der Waals surface area contributed by atoms with Gasteiger partial charge in [-0.1, -0.05) is 18.2 Å². The van der Waals surface area contributed by atoms with Gasteiger partial charge in [0.05, 0.1) is 0 Å². The van der Waals surface area contributed by atoms with Crippen molar-refractivity contribution < 1.29 is 9.53 Å². The standard InChI is InChI=1S/C13H17NO2/c1-10(13(15)16-12-8-5-9-12)14-11-6-3-2-4-7-11/h2-4,6-7,10,12,14H,5,8-9H2,1H3/t10-/m0/s1. The number of benzene rings is 1. The lowest BCUT2D eigenvalue weighted by Crippen LogP contribution is -2.34. The van der Waals surface area contributed by atoms with Crippen molar-refractivity contribution in [3.05, 3.63) is 30.3 Å². The molecule has 0 unspecified atom stereocenters. The number of carbonyl (C=O) groups is 1. The first-order valence-electron chi connectivity index (χ1n) is 5.78. The molecule has 16 heavy (non-hydrogen) atoms. The van der Waals surface area contributed by atoms with Crippen molar-refractivity contribution in [2.75, 3.05) is 5.32 Å². The van der Waals surface area contributed by atoms with E-state index < -0.39 is 0 Å². The third-order valence-corrected chi connectivity index (χ3v) is 2.85. The number of anilines is 1. The van der Waals surface area contributed by atoms with Crippen molar-refractivity contribution in [2.45, 2.75) is 38.3 Å². The van der Waals surface area contributed by atoms with Crippen molar-refractivity contribution in [1.82, 2.24) is 0 Å². The summed E-state index contributed by atoms with van der Waals surface area (Å²) in [4.78, 5) is 11.7. The van der Waals surface area contributed by atoms with Gasteiger partial charge in [-0.3, -0.25) is 0 Å². The highest BCUT2D eigenvalue weighted by Crippen LogP contribution is 2.22. The van der Waals surface area contributed by atoms with Crippen molar-refractivity contribution in [1.29, 1.82) is 0 Å². The summed E-state index contributed by atoms with van der Waals surface area (Å²) in [5, 5.41) is 3.12. The van der Waals surface area contributed by atoms with Gasteiger partial charge in [-0.05, 0) is 38.3 Å². The molecule has 0 aromatic heterocycles. The Kier molecular flexibility index (Phi) is 3.44. The highest BCUT2D eigenvalue weighted by Gasteiger charge is 2.24. The molecule has 2 rings (SSSR count). The van der Waals surface area contributed by atoms with E-state index in [1.54, 1.807) is 0 Å². The van der Waals surface area contributed by atoms with Gasteiger partial charge in [0.25, 0.3) is 0 Å². The van der Waals surface area contributed by atoms with Crippen LogP contribution in [0, 0.1) is 0 Å². The van der Waals surface area contributed by atoms with E-state index in [4.69, 9.17) is 4.74 Å². The molecule has 1 aromatic rings. The molecule has 1 aliphatic carbocycles. The maximum absolute atomic E-state index is 11.7.